The first-order valence-electron chi connectivity index (χ1n) is 11.2. The topological polar surface area (TPSA) is 47.6 Å². The van der Waals surface area contributed by atoms with Gasteiger partial charge in [0.15, 0.2) is 0 Å². The molecule has 1 saturated heterocycles. The molecule has 0 spiro atoms. The smallest absolute Gasteiger partial charge is 0.224 e. The van der Waals surface area contributed by atoms with E-state index in [0.717, 1.165) is 50.2 Å². The monoisotopic (exact) mass is 407 g/mol. The van der Waals surface area contributed by atoms with Crippen molar-refractivity contribution >= 4 is 5.91 Å². The minimum Gasteiger partial charge on any atom is -0.487 e. The fourth-order valence-electron chi connectivity index (χ4n) is 4.54. The maximum atomic E-state index is 12.4. The molecule has 1 fully saturated rings. The molecule has 4 heteroatoms. The van der Waals surface area contributed by atoms with Gasteiger partial charge in [0, 0.05) is 32.1 Å². The number of hydrogen-bond acceptors (Lipinski definition) is 3. The summed E-state index contributed by atoms with van der Waals surface area (Å²) >= 11 is 0. The van der Waals surface area contributed by atoms with E-state index in [4.69, 9.17) is 9.47 Å². The minimum atomic E-state index is -0.245. The van der Waals surface area contributed by atoms with Gasteiger partial charge in [0.25, 0.3) is 0 Å². The molecule has 30 heavy (non-hydrogen) atoms. The van der Waals surface area contributed by atoms with Crippen LogP contribution in [0.15, 0.2) is 42.5 Å². The zero-order valence-electron chi connectivity index (χ0n) is 18.4. The Morgan fingerprint density at radius 1 is 1.10 bits per heavy atom. The van der Waals surface area contributed by atoms with Crippen LogP contribution in [-0.2, 0) is 28.8 Å². The molecule has 4 rings (SSSR count). The molecule has 0 aromatic heterocycles. The maximum absolute atomic E-state index is 12.4. The van der Waals surface area contributed by atoms with Crippen molar-refractivity contribution in [2.24, 2.45) is 0 Å². The molecule has 0 radical (unpaired) electrons. The summed E-state index contributed by atoms with van der Waals surface area (Å²) in [6, 6.07) is 15.3. The van der Waals surface area contributed by atoms with Gasteiger partial charge in [0.2, 0.25) is 5.91 Å². The Morgan fingerprint density at radius 3 is 2.50 bits per heavy atom. The van der Waals surface area contributed by atoms with Crippen molar-refractivity contribution in [1.29, 1.82) is 0 Å². The fraction of sp³-hybridized carbons (Fsp3) is 0.500. The molecule has 1 amide bonds. The van der Waals surface area contributed by atoms with Crippen molar-refractivity contribution in [1.82, 2.24) is 5.32 Å². The lowest BCUT2D eigenvalue weighted by molar-refractivity contribution is -0.121. The van der Waals surface area contributed by atoms with E-state index >= 15 is 0 Å². The van der Waals surface area contributed by atoms with Gasteiger partial charge >= 0.3 is 0 Å². The summed E-state index contributed by atoms with van der Waals surface area (Å²) in [6.45, 7) is 8.09. The van der Waals surface area contributed by atoms with E-state index < -0.39 is 0 Å². The molecule has 2 aromatic carbocycles. The zero-order chi connectivity index (χ0) is 21.1. The third kappa shape index (κ3) is 5.04. The lowest BCUT2D eigenvalue weighted by Crippen LogP contribution is -2.39. The Bertz CT molecular complexity index is 884. The van der Waals surface area contributed by atoms with Crippen molar-refractivity contribution in [2.45, 2.75) is 70.4 Å². The first-order valence-corrected chi connectivity index (χ1v) is 11.2. The van der Waals surface area contributed by atoms with E-state index in [0.29, 0.717) is 12.3 Å². The molecule has 0 bridgehead atoms. The van der Waals surface area contributed by atoms with Gasteiger partial charge in [0.1, 0.15) is 11.4 Å². The lowest BCUT2D eigenvalue weighted by Gasteiger charge is -2.24. The van der Waals surface area contributed by atoms with Crippen LogP contribution in [0.2, 0.25) is 0 Å². The third-order valence-electron chi connectivity index (χ3n) is 6.22. The standard InChI is InChI=1S/C26H33NO3/c1-18(2)21-7-4-19(5-8-21)16-26(3)17-22-14-20(6-9-24(22)30-26)15-25(28)27-23-10-12-29-13-11-23/h4-9,14,18,23H,10-13,15-17H2,1-3H3,(H,27,28). The normalized spacial score (nSPS) is 21.3. The van der Waals surface area contributed by atoms with Gasteiger partial charge < -0.3 is 14.8 Å². The Labute approximate surface area is 180 Å². The van der Waals surface area contributed by atoms with Crippen molar-refractivity contribution < 1.29 is 14.3 Å². The lowest BCUT2D eigenvalue weighted by atomic mass is 9.90. The molecule has 0 aliphatic carbocycles. The highest BCUT2D eigenvalue weighted by molar-refractivity contribution is 5.79. The van der Waals surface area contributed by atoms with E-state index in [2.05, 4.69) is 56.4 Å². The summed E-state index contributed by atoms with van der Waals surface area (Å²) in [5, 5.41) is 3.15. The molecule has 2 heterocycles. The third-order valence-corrected chi connectivity index (χ3v) is 6.22. The first-order chi connectivity index (χ1) is 14.4. The van der Waals surface area contributed by atoms with E-state index in [1.807, 2.05) is 12.1 Å². The predicted octanol–water partition coefficient (Wildman–Crippen LogP) is 4.58. The summed E-state index contributed by atoms with van der Waals surface area (Å²) < 4.78 is 11.7. The van der Waals surface area contributed by atoms with Crippen LogP contribution < -0.4 is 10.1 Å². The largest absolute Gasteiger partial charge is 0.487 e. The number of hydrogen-bond donors (Lipinski definition) is 1. The molecule has 0 saturated carbocycles. The van der Waals surface area contributed by atoms with Crippen LogP contribution in [0.5, 0.6) is 5.75 Å². The summed E-state index contributed by atoms with van der Waals surface area (Å²) in [6.07, 6.45) is 3.96. The van der Waals surface area contributed by atoms with E-state index in [9.17, 15) is 4.79 Å². The second-order valence-corrected chi connectivity index (χ2v) is 9.37. The molecule has 4 nitrogen and oxygen atoms in total. The Kier molecular flexibility index (Phi) is 6.14. The Morgan fingerprint density at radius 2 is 1.80 bits per heavy atom. The van der Waals surface area contributed by atoms with Crippen LogP contribution in [0.1, 0.15) is 61.8 Å². The maximum Gasteiger partial charge on any atom is 0.224 e. The van der Waals surface area contributed by atoms with Gasteiger partial charge in [-0.15, -0.1) is 0 Å². The highest BCUT2D eigenvalue weighted by atomic mass is 16.5. The second kappa shape index (κ2) is 8.81. The molecular weight excluding hydrogens is 374 g/mol. The van der Waals surface area contributed by atoms with E-state index in [-0.39, 0.29) is 17.6 Å². The number of rotatable bonds is 6. The average molecular weight is 408 g/mol. The second-order valence-electron chi connectivity index (χ2n) is 9.37. The molecular formula is C26H33NO3. The number of fused-ring (bicyclic) bond motifs is 1. The van der Waals surface area contributed by atoms with Crippen molar-refractivity contribution in [3.8, 4) is 5.75 Å². The summed E-state index contributed by atoms with van der Waals surface area (Å²) in [5.41, 5.74) is 4.67. The molecule has 160 valence electrons. The van der Waals surface area contributed by atoms with Gasteiger partial charge in [-0.2, -0.15) is 0 Å². The van der Waals surface area contributed by atoms with Crippen LogP contribution in [0.4, 0.5) is 0 Å². The SMILES string of the molecule is CC(C)c1ccc(CC2(C)Cc3cc(CC(=O)NC4CCOCC4)ccc3O2)cc1. The predicted molar refractivity (Wildman–Crippen MR) is 119 cm³/mol. The van der Waals surface area contributed by atoms with Gasteiger partial charge in [-0.05, 0) is 54.0 Å². The minimum absolute atomic E-state index is 0.0915. The molecule has 2 aliphatic rings. The number of amides is 1. The number of benzene rings is 2. The van der Waals surface area contributed by atoms with Crippen LogP contribution in [0.3, 0.4) is 0 Å². The van der Waals surface area contributed by atoms with Gasteiger partial charge in [-0.1, -0.05) is 50.2 Å². The van der Waals surface area contributed by atoms with Crippen LogP contribution >= 0.6 is 0 Å². The van der Waals surface area contributed by atoms with Gasteiger partial charge in [-0.25, -0.2) is 0 Å². The van der Waals surface area contributed by atoms with Crippen molar-refractivity contribution in [3.05, 3.63) is 64.7 Å². The van der Waals surface area contributed by atoms with E-state index in [1.165, 1.54) is 16.7 Å². The van der Waals surface area contributed by atoms with Gasteiger partial charge in [-0.3, -0.25) is 4.79 Å². The van der Waals surface area contributed by atoms with E-state index in [1.54, 1.807) is 0 Å². The summed E-state index contributed by atoms with van der Waals surface area (Å²) in [7, 11) is 0. The molecule has 1 atom stereocenters. The number of ether oxygens (including phenoxy) is 2. The Balaban J connectivity index is 1.37. The molecule has 1 unspecified atom stereocenters. The average Bonchev–Trinajstić information content (AvgIpc) is 3.04. The van der Waals surface area contributed by atoms with Gasteiger partial charge in [0.05, 0.1) is 6.42 Å². The zero-order valence-corrected chi connectivity index (χ0v) is 18.4. The fourth-order valence-corrected chi connectivity index (χ4v) is 4.54. The summed E-state index contributed by atoms with van der Waals surface area (Å²) in [4.78, 5) is 12.4. The highest BCUT2D eigenvalue weighted by Gasteiger charge is 2.35. The number of nitrogens with one attached hydrogen (secondary N) is 1. The molecule has 2 aliphatic heterocycles. The van der Waals surface area contributed by atoms with Crippen molar-refractivity contribution in [2.75, 3.05) is 13.2 Å². The van der Waals surface area contributed by atoms with Crippen LogP contribution in [-0.4, -0.2) is 30.8 Å². The molecule has 2 aromatic rings. The first kappa shape index (κ1) is 20.9. The highest BCUT2D eigenvalue weighted by Crippen LogP contribution is 2.37. The van der Waals surface area contributed by atoms with Crippen LogP contribution in [0.25, 0.3) is 0 Å². The Hall–Kier alpha value is -2.33. The number of carbonyl (C=O) groups is 1. The summed E-state index contributed by atoms with van der Waals surface area (Å²) in [5.74, 6) is 1.59. The van der Waals surface area contributed by atoms with Crippen LogP contribution in [0, 0.1) is 0 Å². The number of carbonyl (C=O) groups excluding carboxylic acids is 1. The van der Waals surface area contributed by atoms with Crippen molar-refractivity contribution in [3.63, 3.8) is 0 Å². The molecule has 1 N–H and O–H groups in total. The quantitative estimate of drug-likeness (QED) is 0.762.